The SMILES string of the molecule is CCOC(=O)C1=CC=C(C)C[C@@H]1c1ccccc1. The lowest BCUT2D eigenvalue weighted by molar-refractivity contribution is -0.138. The minimum absolute atomic E-state index is 0.121. The zero-order valence-corrected chi connectivity index (χ0v) is 10.8. The van der Waals surface area contributed by atoms with Crippen LogP contribution in [0.25, 0.3) is 0 Å². The average molecular weight is 242 g/mol. The molecule has 0 amide bonds. The zero-order valence-electron chi connectivity index (χ0n) is 10.8. The first kappa shape index (κ1) is 12.6. The molecule has 1 atom stereocenters. The molecule has 0 heterocycles. The Morgan fingerprint density at radius 2 is 2.00 bits per heavy atom. The van der Waals surface area contributed by atoms with Crippen LogP contribution in [0.15, 0.2) is 53.6 Å². The molecule has 0 bridgehead atoms. The Hall–Kier alpha value is -1.83. The van der Waals surface area contributed by atoms with Gasteiger partial charge in [-0.25, -0.2) is 4.79 Å². The van der Waals surface area contributed by atoms with Crippen molar-refractivity contribution in [2.45, 2.75) is 26.2 Å². The summed E-state index contributed by atoms with van der Waals surface area (Å²) in [4.78, 5) is 12.0. The predicted octanol–water partition coefficient (Wildman–Crippen LogP) is 3.61. The summed E-state index contributed by atoms with van der Waals surface area (Å²) in [5.41, 5.74) is 3.22. The fourth-order valence-corrected chi connectivity index (χ4v) is 2.26. The van der Waals surface area contributed by atoms with E-state index in [1.807, 2.05) is 37.3 Å². The van der Waals surface area contributed by atoms with E-state index in [2.05, 4.69) is 19.1 Å². The van der Waals surface area contributed by atoms with Crippen molar-refractivity contribution in [3.05, 3.63) is 59.2 Å². The van der Waals surface area contributed by atoms with Gasteiger partial charge in [-0.05, 0) is 25.8 Å². The molecule has 2 rings (SSSR count). The number of hydrogen-bond acceptors (Lipinski definition) is 2. The average Bonchev–Trinajstić information content (AvgIpc) is 2.40. The van der Waals surface area contributed by atoms with Crippen LogP contribution in [0.4, 0.5) is 0 Å². The number of esters is 1. The molecule has 2 heteroatoms. The van der Waals surface area contributed by atoms with Crippen LogP contribution >= 0.6 is 0 Å². The third-order valence-corrected chi connectivity index (χ3v) is 3.16. The lowest BCUT2D eigenvalue weighted by Crippen LogP contribution is -2.17. The van der Waals surface area contributed by atoms with Crippen molar-refractivity contribution in [1.82, 2.24) is 0 Å². The number of ether oxygens (including phenoxy) is 1. The van der Waals surface area contributed by atoms with Crippen molar-refractivity contribution in [2.24, 2.45) is 0 Å². The normalized spacial score (nSPS) is 18.9. The smallest absolute Gasteiger partial charge is 0.334 e. The molecule has 18 heavy (non-hydrogen) atoms. The van der Waals surface area contributed by atoms with Gasteiger partial charge in [-0.1, -0.05) is 48.1 Å². The number of benzene rings is 1. The molecule has 1 aliphatic carbocycles. The summed E-state index contributed by atoms with van der Waals surface area (Å²) in [5.74, 6) is -0.0784. The summed E-state index contributed by atoms with van der Waals surface area (Å²) in [5, 5.41) is 0. The van der Waals surface area contributed by atoms with Crippen molar-refractivity contribution >= 4 is 5.97 Å². The summed E-state index contributed by atoms with van der Waals surface area (Å²) in [6, 6.07) is 10.1. The second-order valence-electron chi connectivity index (χ2n) is 4.52. The highest BCUT2D eigenvalue weighted by molar-refractivity contribution is 5.91. The van der Waals surface area contributed by atoms with Gasteiger partial charge in [0.05, 0.1) is 6.61 Å². The molecule has 2 nitrogen and oxygen atoms in total. The zero-order chi connectivity index (χ0) is 13.0. The maximum Gasteiger partial charge on any atom is 0.334 e. The standard InChI is InChI=1S/C16H18O2/c1-3-18-16(17)14-10-9-12(2)11-15(14)13-7-5-4-6-8-13/h4-10,15H,3,11H2,1-2H3/t15-/m1/s1. The van der Waals surface area contributed by atoms with Crippen LogP contribution in [0.5, 0.6) is 0 Å². The van der Waals surface area contributed by atoms with Gasteiger partial charge in [-0.15, -0.1) is 0 Å². The second kappa shape index (κ2) is 5.67. The maximum atomic E-state index is 12.0. The van der Waals surface area contributed by atoms with Crippen molar-refractivity contribution in [1.29, 1.82) is 0 Å². The van der Waals surface area contributed by atoms with Gasteiger partial charge in [-0.3, -0.25) is 0 Å². The predicted molar refractivity (Wildman–Crippen MR) is 72.3 cm³/mol. The van der Waals surface area contributed by atoms with E-state index >= 15 is 0 Å². The molecular formula is C16H18O2. The van der Waals surface area contributed by atoms with Gasteiger partial charge in [0.15, 0.2) is 0 Å². The van der Waals surface area contributed by atoms with Gasteiger partial charge in [-0.2, -0.15) is 0 Å². The first-order valence-electron chi connectivity index (χ1n) is 6.31. The van der Waals surface area contributed by atoms with E-state index in [1.165, 1.54) is 11.1 Å². The van der Waals surface area contributed by atoms with E-state index < -0.39 is 0 Å². The van der Waals surface area contributed by atoms with E-state index in [1.54, 1.807) is 0 Å². The first-order chi connectivity index (χ1) is 8.72. The fraction of sp³-hybridized carbons (Fsp3) is 0.312. The van der Waals surface area contributed by atoms with E-state index in [0.717, 1.165) is 12.0 Å². The topological polar surface area (TPSA) is 26.3 Å². The van der Waals surface area contributed by atoms with Crippen LogP contribution in [0.3, 0.4) is 0 Å². The second-order valence-corrected chi connectivity index (χ2v) is 4.52. The van der Waals surface area contributed by atoms with E-state index in [-0.39, 0.29) is 11.9 Å². The highest BCUT2D eigenvalue weighted by atomic mass is 16.5. The number of carbonyl (C=O) groups excluding carboxylic acids is 1. The van der Waals surface area contributed by atoms with Crippen LogP contribution in [0.2, 0.25) is 0 Å². The Kier molecular flexibility index (Phi) is 3.98. The molecule has 0 aliphatic heterocycles. The molecule has 0 saturated carbocycles. The number of allylic oxidation sites excluding steroid dienone is 3. The Morgan fingerprint density at radius 1 is 1.28 bits per heavy atom. The molecule has 0 N–H and O–H groups in total. The Balaban J connectivity index is 2.31. The third kappa shape index (κ3) is 2.70. The molecule has 94 valence electrons. The van der Waals surface area contributed by atoms with E-state index in [4.69, 9.17) is 4.74 Å². The fourth-order valence-electron chi connectivity index (χ4n) is 2.26. The van der Waals surface area contributed by atoms with Crippen molar-refractivity contribution in [3.63, 3.8) is 0 Å². The summed E-state index contributed by atoms with van der Waals surface area (Å²) < 4.78 is 5.13. The lowest BCUT2D eigenvalue weighted by atomic mass is 9.82. The summed E-state index contributed by atoms with van der Waals surface area (Å²) >= 11 is 0. The van der Waals surface area contributed by atoms with Crippen LogP contribution in [0, 0.1) is 0 Å². The van der Waals surface area contributed by atoms with Crippen LogP contribution in [-0.2, 0) is 9.53 Å². The molecule has 1 aliphatic rings. The van der Waals surface area contributed by atoms with Crippen LogP contribution in [0.1, 0.15) is 31.7 Å². The Morgan fingerprint density at radius 3 is 2.67 bits per heavy atom. The molecule has 0 saturated heterocycles. The Bertz CT molecular complexity index is 483. The largest absolute Gasteiger partial charge is 0.463 e. The molecule has 0 unspecified atom stereocenters. The van der Waals surface area contributed by atoms with Crippen molar-refractivity contribution in [3.8, 4) is 0 Å². The minimum Gasteiger partial charge on any atom is -0.463 e. The monoisotopic (exact) mass is 242 g/mol. The maximum absolute atomic E-state index is 12.0. The molecule has 1 aromatic carbocycles. The molecule has 0 spiro atoms. The number of hydrogen-bond donors (Lipinski definition) is 0. The molecule has 0 fully saturated rings. The number of carbonyl (C=O) groups is 1. The quantitative estimate of drug-likeness (QED) is 0.757. The van der Waals surface area contributed by atoms with Gasteiger partial charge in [0.25, 0.3) is 0 Å². The summed E-state index contributed by atoms with van der Waals surface area (Å²) in [6.45, 7) is 4.34. The minimum atomic E-state index is -0.199. The highest BCUT2D eigenvalue weighted by Gasteiger charge is 2.25. The molecule has 0 radical (unpaired) electrons. The first-order valence-corrected chi connectivity index (χ1v) is 6.31. The Labute approximate surface area is 108 Å². The molecule has 1 aromatic rings. The lowest BCUT2D eigenvalue weighted by Gasteiger charge is -2.23. The van der Waals surface area contributed by atoms with Gasteiger partial charge in [0.1, 0.15) is 0 Å². The van der Waals surface area contributed by atoms with Crippen LogP contribution < -0.4 is 0 Å². The third-order valence-electron chi connectivity index (χ3n) is 3.16. The molecular weight excluding hydrogens is 224 g/mol. The van der Waals surface area contributed by atoms with Crippen LogP contribution in [-0.4, -0.2) is 12.6 Å². The summed E-state index contributed by atoms with van der Waals surface area (Å²) in [7, 11) is 0. The molecule has 0 aromatic heterocycles. The van der Waals surface area contributed by atoms with E-state index in [9.17, 15) is 4.79 Å². The highest BCUT2D eigenvalue weighted by Crippen LogP contribution is 2.34. The summed E-state index contributed by atoms with van der Waals surface area (Å²) in [6.07, 6.45) is 4.79. The van der Waals surface area contributed by atoms with Gasteiger partial charge >= 0.3 is 5.97 Å². The van der Waals surface area contributed by atoms with Gasteiger partial charge in [0, 0.05) is 11.5 Å². The van der Waals surface area contributed by atoms with E-state index in [0.29, 0.717) is 6.61 Å². The van der Waals surface area contributed by atoms with Gasteiger partial charge in [0.2, 0.25) is 0 Å². The number of rotatable bonds is 3. The van der Waals surface area contributed by atoms with Gasteiger partial charge < -0.3 is 4.74 Å². The van der Waals surface area contributed by atoms with Crippen molar-refractivity contribution < 1.29 is 9.53 Å². The van der Waals surface area contributed by atoms with Crippen molar-refractivity contribution in [2.75, 3.05) is 6.61 Å².